The molecule has 0 unspecified atom stereocenters. The monoisotopic (exact) mass is 446 g/mol. The Bertz CT molecular complexity index is 1250. The van der Waals surface area contributed by atoms with Gasteiger partial charge in [0.2, 0.25) is 5.95 Å². The molecule has 1 heterocycles. The van der Waals surface area contributed by atoms with Gasteiger partial charge < -0.3 is 9.47 Å². The van der Waals surface area contributed by atoms with E-state index in [-0.39, 0.29) is 23.2 Å². The number of carbonyl (C=O) groups excluding carboxylic acids is 1. The SMILES string of the molecule is C=C(c1cc(OC)c(OC)cc1C(=O)N(N)Cc1ccc(C#N)cc1)c1ccc(C)nc1F. The first-order valence-electron chi connectivity index (χ1n) is 9.93. The van der Waals surface area contributed by atoms with Gasteiger partial charge in [0.25, 0.3) is 5.91 Å². The zero-order valence-corrected chi connectivity index (χ0v) is 18.6. The van der Waals surface area contributed by atoms with E-state index >= 15 is 0 Å². The molecule has 0 aliphatic heterocycles. The van der Waals surface area contributed by atoms with Crippen LogP contribution >= 0.6 is 0 Å². The molecule has 33 heavy (non-hydrogen) atoms. The Morgan fingerprint density at radius 1 is 1.09 bits per heavy atom. The van der Waals surface area contributed by atoms with Crippen LogP contribution in [0.1, 0.15) is 38.3 Å². The number of rotatable bonds is 7. The van der Waals surface area contributed by atoms with Crippen molar-refractivity contribution in [1.82, 2.24) is 9.99 Å². The maximum absolute atomic E-state index is 14.6. The molecule has 0 aliphatic carbocycles. The maximum atomic E-state index is 14.6. The Balaban J connectivity index is 2.03. The number of carbonyl (C=O) groups is 1. The number of aryl methyl sites for hydroxylation is 1. The molecule has 168 valence electrons. The minimum absolute atomic E-state index is 0.0885. The number of hydrogen-bond donors (Lipinski definition) is 1. The van der Waals surface area contributed by atoms with Gasteiger partial charge in [-0.3, -0.25) is 9.80 Å². The fraction of sp³-hybridized carbons (Fsp3) is 0.160. The Labute approximate surface area is 191 Å². The van der Waals surface area contributed by atoms with E-state index in [1.807, 2.05) is 6.07 Å². The van der Waals surface area contributed by atoms with Crippen molar-refractivity contribution in [3.8, 4) is 17.6 Å². The fourth-order valence-corrected chi connectivity index (χ4v) is 3.31. The highest BCUT2D eigenvalue weighted by Crippen LogP contribution is 2.36. The number of nitriles is 1. The first-order valence-corrected chi connectivity index (χ1v) is 9.93. The molecule has 0 radical (unpaired) electrons. The molecule has 3 rings (SSSR count). The zero-order chi connectivity index (χ0) is 24.1. The van der Waals surface area contributed by atoms with Crippen molar-refractivity contribution < 1.29 is 18.7 Å². The van der Waals surface area contributed by atoms with Gasteiger partial charge >= 0.3 is 0 Å². The smallest absolute Gasteiger partial charge is 0.268 e. The van der Waals surface area contributed by atoms with Crippen molar-refractivity contribution in [3.05, 3.63) is 94.6 Å². The molecular weight excluding hydrogens is 423 g/mol. The summed E-state index contributed by atoms with van der Waals surface area (Å²) in [6, 6.07) is 15.0. The normalized spacial score (nSPS) is 10.3. The second-order valence-corrected chi connectivity index (χ2v) is 7.26. The summed E-state index contributed by atoms with van der Waals surface area (Å²) in [5.74, 6) is 5.53. The lowest BCUT2D eigenvalue weighted by atomic mass is 9.94. The number of methoxy groups -OCH3 is 2. The maximum Gasteiger partial charge on any atom is 0.268 e. The van der Waals surface area contributed by atoms with Crippen molar-refractivity contribution in [3.63, 3.8) is 0 Å². The van der Waals surface area contributed by atoms with E-state index in [4.69, 9.17) is 20.6 Å². The van der Waals surface area contributed by atoms with Crippen LogP contribution in [0, 0.1) is 24.2 Å². The average Bonchev–Trinajstić information content (AvgIpc) is 2.82. The lowest BCUT2D eigenvalue weighted by Crippen LogP contribution is -2.37. The van der Waals surface area contributed by atoms with Gasteiger partial charge in [0.15, 0.2) is 11.5 Å². The number of nitrogens with zero attached hydrogens (tertiary/aromatic N) is 3. The van der Waals surface area contributed by atoms with Gasteiger partial charge in [-0.25, -0.2) is 10.8 Å². The van der Waals surface area contributed by atoms with E-state index in [9.17, 15) is 9.18 Å². The van der Waals surface area contributed by atoms with Crippen LogP contribution in [0.2, 0.25) is 0 Å². The molecule has 1 amide bonds. The predicted molar refractivity (Wildman–Crippen MR) is 122 cm³/mol. The molecular formula is C25H23FN4O3. The third-order valence-electron chi connectivity index (χ3n) is 5.09. The number of benzene rings is 2. The average molecular weight is 446 g/mol. The highest BCUT2D eigenvalue weighted by molar-refractivity contribution is 6.01. The Hall–Kier alpha value is -4.22. The van der Waals surface area contributed by atoms with Crippen LogP contribution in [0.5, 0.6) is 11.5 Å². The van der Waals surface area contributed by atoms with Gasteiger partial charge in [-0.2, -0.15) is 9.65 Å². The molecule has 2 N–H and O–H groups in total. The minimum atomic E-state index is -0.699. The topological polar surface area (TPSA) is 101 Å². The number of nitrogens with two attached hydrogens (primary N) is 1. The van der Waals surface area contributed by atoms with E-state index in [2.05, 4.69) is 11.6 Å². The van der Waals surface area contributed by atoms with Gasteiger partial charge in [-0.15, -0.1) is 0 Å². The number of hydrazine groups is 1. The molecule has 8 heteroatoms. The first kappa shape index (κ1) is 23.4. The summed E-state index contributed by atoms with van der Waals surface area (Å²) >= 11 is 0. The van der Waals surface area contributed by atoms with Crippen LogP contribution in [-0.4, -0.2) is 30.1 Å². The Kier molecular flexibility index (Phi) is 7.06. The number of ether oxygens (including phenoxy) is 2. The standard InChI is InChI=1S/C25H23FN4O3/c1-15-5-10-19(24(26)29-15)16(2)20-11-22(32-3)23(33-4)12-21(20)25(31)30(28)14-18-8-6-17(13-27)7-9-18/h5-12H,2,14,28H2,1,3-4H3. The molecule has 1 aromatic heterocycles. The number of hydrogen-bond acceptors (Lipinski definition) is 6. The van der Waals surface area contributed by atoms with Crippen LogP contribution in [0.4, 0.5) is 4.39 Å². The summed E-state index contributed by atoms with van der Waals surface area (Å²) in [6.07, 6.45) is 0. The van der Waals surface area contributed by atoms with Crippen molar-refractivity contribution in [1.29, 1.82) is 5.26 Å². The van der Waals surface area contributed by atoms with Crippen LogP contribution in [0.3, 0.4) is 0 Å². The van der Waals surface area contributed by atoms with Crippen molar-refractivity contribution in [2.24, 2.45) is 5.84 Å². The van der Waals surface area contributed by atoms with Crippen molar-refractivity contribution in [2.75, 3.05) is 14.2 Å². The largest absolute Gasteiger partial charge is 0.493 e. The summed E-state index contributed by atoms with van der Waals surface area (Å²) in [6.45, 7) is 5.77. The van der Waals surface area contributed by atoms with E-state index in [0.717, 1.165) is 10.6 Å². The molecule has 0 aliphatic rings. The minimum Gasteiger partial charge on any atom is -0.493 e. The Morgan fingerprint density at radius 3 is 2.24 bits per heavy atom. The predicted octanol–water partition coefficient (Wildman–Crippen LogP) is 4.00. The highest BCUT2D eigenvalue weighted by Gasteiger charge is 2.24. The number of amides is 1. The zero-order valence-electron chi connectivity index (χ0n) is 18.6. The van der Waals surface area contributed by atoms with Gasteiger partial charge in [0, 0.05) is 11.3 Å². The number of pyridine rings is 1. The van der Waals surface area contributed by atoms with Crippen molar-refractivity contribution in [2.45, 2.75) is 13.5 Å². The second-order valence-electron chi connectivity index (χ2n) is 7.26. The van der Waals surface area contributed by atoms with Gasteiger partial charge in [0.05, 0.1) is 38.0 Å². The Morgan fingerprint density at radius 2 is 1.70 bits per heavy atom. The van der Waals surface area contributed by atoms with Gasteiger partial charge in [-0.1, -0.05) is 18.7 Å². The molecule has 7 nitrogen and oxygen atoms in total. The highest BCUT2D eigenvalue weighted by atomic mass is 19.1. The lowest BCUT2D eigenvalue weighted by molar-refractivity contribution is 0.0742. The van der Waals surface area contributed by atoms with Crippen LogP contribution in [0.25, 0.3) is 5.57 Å². The number of aromatic nitrogens is 1. The summed E-state index contributed by atoms with van der Waals surface area (Å²) in [4.78, 5) is 17.2. The quantitative estimate of drug-likeness (QED) is 0.255. The fourth-order valence-electron chi connectivity index (χ4n) is 3.31. The molecule has 0 atom stereocenters. The van der Waals surface area contributed by atoms with Crippen LogP contribution in [-0.2, 0) is 6.54 Å². The summed E-state index contributed by atoms with van der Waals surface area (Å²) in [5.41, 5.74) is 2.64. The third-order valence-corrected chi connectivity index (χ3v) is 5.09. The van der Waals surface area contributed by atoms with Crippen molar-refractivity contribution >= 4 is 11.5 Å². The molecule has 3 aromatic rings. The number of halogens is 1. The van der Waals surface area contributed by atoms with Gasteiger partial charge in [0.1, 0.15) is 0 Å². The molecule has 0 spiro atoms. The molecule has 0 bridgehead atoms. The van der Waals surface area contributed by atoms with Crippen LogP contribution in [0.15, 0.2) is 55.1 Å². The lowest BCUT2D eigenvalue weighted by Gasteiger charge is -2.21. The summed E-state index contributed by atoms with van der Waals surface area (Å²) < 4.78 is 25.3. The van der Waals surface area contributed by atoms with Crippen LogP contribution < -0.4 is 15.3 Å². The first-order chi connectivity index (χ1) is 15.8. The van der Waals surface area contributed by atoms with E-state index in [1.165, 1.54) is 20.3 Å². The van der Waals surface area contributed by atoms with E-state index < -0.39 is 11.9 Å². The molecule has 0 fully saturated rings. The molecule has 2 aromatic carbocycles. The summed E-state index contributed by atoms with van der Waals surface area (Å²) in [5, 5.41) is 9.98. The van der Waals surface area contributed by atoms with E-state index in [0.29, 0.717) is 28.3 Å². The second kappa shape index (κ2) is 9.94. The van der Waals surface area contributed by atoms with Gasteiger partial charge in [-0.05, 0) is 60.0 Å². The summed E-state index contributed by atoms with van der Waals surface area (Å²) in [7, 11) is 2.90. The molecule has 0 saturated carbocycles. The third kappa shape index (κ3) is 5.00. The molecule has 0 saturated heterocycles. The van der Waals surface area contributed by atoms with E-state index in [1.54, 1.807) is 49.4 Å².